The first-order chi connectivity index (χ1) is 9.84. The van der Waals surface area contributed by atoms with Gasteiger partial charge in [0.15, 0.2) is 0 Å². The predicted octanol–water partition coefficient (Wildman–Crippen LogP) is -0.591. The highest BCUT2D eigenvalue weighted by molar-refractivity contribution is 7.86. The molecule has 1 aliphatic rings. The van der Waals surface area contributed by atoms with Crippen LogP contribution in [0.3, 0.4) is 0 Å². The molecule has 1 fully saturated rings. The zero-order valence-electron chi connectivity index (χ0n) is 12.0. The van der Waals surface area contributed by atoms with Crippen LogP contribution < -0.4 is 4.74 Å². The second-order valence-corrected chi connectivity index (χ2v) is 7.10. The van der Waals surface area contributed by atoms with E-state index in [1.807, 2.05) is 6.07 Å². The molecule has 118 valence electrons. The maximum absolute atomic E-state index is 12.4. The molecule has 0 aliphatic carbocycles. The van der Waals surface area contributed by atoms with Crippen molar-refractivity contribution in [1.82, 2.24) is 8.61 Å². The van der Waals surface area contributed by atoms with Crippen molar-refractivity contribution in [1.29, 1.82) is 0 Å². The molecule has 0 bridgehead atoms. The second kappa shape index (κ2) is 6.29. The van der Waals surface area contributed by atoms with Gasteiger partial charge in [-0.1, -0.05) is 12.1 Å². The summed E-state index contributed by atoms with van der Waals surface area (Å²) in [6.07, 6.45) is -2.07. The van der Waals surface area contributed by atoms with E-state index in [1.54, 1.807) is 25.3 Å². The van der Waals surface area contributed by atoms with Gasteiger partial charge in [0.2, 0.25) is 0 Å². The van der Waals surface area contributed by atoms with E-state index in [0.29, 0.717) is 5.75 Å². The molecule has 0 radical (unpaired) electrons. The summed E-state index contributed by atoms with van der Waals surface area (Å²) < 4.78 is 32.1. The van der Waals surface area contributed by atoms with Crippen molar-refractivity contribution >= 4 is 10.2 Å². The Morgan fingerprint density at radius 3 is 2.52 bits per heavy atom. The third-order valence-corrected chi connectivity index (χ3v) is 5.35. The third-order valence-electron chi connectivity index (χ3n) is 3.49. The molecule has 1 saturated heterocycles. The lowest BCUT2D eigenvalue weighted by Crippen LogP contribution is -2.40. The highest BCUT2D eigenvalue weighted by Gasteiger charge is 2.38. The molecule has 1 heterocycles. The van der Waals surface area contributed by atoms with Crippen LogP contribution in [0.1, 0.15) is 5.56 Å². The average Bonchev–Trinajstić information content (AvgIpc) is 2.79. The Labute approximate surface area is 124 Å². The Morgan fingerprint density at radius 1 is 1.33 bits per heavy atom. The molecule has 0 unspecified atom stereocenters. The lowest BCUT2D eigenvalue weighted by Gasteiger charge is -2.23. The number of nitrogens with zero attached hydrogens (tertiary/aromatic N) is 2. The highest BCUT2D eigenvalue weighted by Crippen LogP contribution is 2.20. The maximum Gasteiger partial charge on any atom is 0.282 e. The predicted molar refractivity (Wildman–Crippen MR) is 77.0 cm³/mol. The molecule has 0 saturated carbocycles. The molecule has 0 aromatic heterocycles. The number of rotatable bonds is 5. The highest BCUT2D eigenvalue weighted by atomic mass is 32.2. The molecule has 7 nitrogen and oxygen atoms in total. The number of hydrogen-bond donors (Lipinski definition) is 2. The fourth-order valence-corrected chi connectivity index (χ4v) is 3.62. The summed E-state index contributed by atoms with van der Waals surface area (Å²) in [5.74, 6) is 0.658. The SMILES string of the molecule is COc1cccc(CN(C)S(=O)(=O)N2C[C@@H](O)[C@@H](O)C2)c1. The van der Waals surface area contributed by atoms with Crippen LogP contribution in [-0.2, 0) is 16.8 Å². The van der Waals surface area contributed by atoms with Crippen molar-refractivity contribution in [3.05, 3.63) is 29.8 Å². The monoisotopic (exact) mass is 316 g/mol. The summed E-state index contributed by atoms with van der Waals surface area (Å²) >= 11 is 0. The molecule has 2 atom stereocenters. The van der Waals surface area contributed by atoms with Crippen molar-refractivity contribution in [3.63, 3.8) is 0 Å². The lowest BCUT2D eigenvalue weighted by atomic mass is 10.2. The lowest BCUT2D eigenvalue weighted by molar-refractivity contribution is 0.0572. The van der Waals surface area contributed by atoms with E-state index in [1.165, 1.54) is 11.4 Å². The number of benzene rings is 1. The van der Waals surface area contributed by atoms with E-state index in [0.717, 1.165) is 9.87 Å². The summed E-state index contributed by atoms with van der Waals surface area (Å²) in [7, 11) is -0.704. The first-order valence-electron chi connectivity index (χ1n) is 6.55. The molecule has 1 aromatic rings. The topological polar surface area (TPSA) is 90.3 Å². The second-order valence-electron chi connectivity index (χ2n) is 5.07. The normalized spacial score (nSPS) is 23.7. The van der Waals surface area contributed by atoms with E-state index in [4.69, 9.17) is 4.74 Å². The zero-order valence-corrected chi connectivity index (χ0v) is 12.8. The smallest absolute Gasteiger partial charge is 0.282 e. The van der Waals surface area contributed by atoms with Crippen LogP contribution >= 0.6 is 0 Å². The minimum atomic E-state index is -3.72. The molecule has 0 amide bonds. The van der Waals surface area contributed by atoms with Gasteiger partial charge in [0.05, 0.1) is 19.3 Å². The van der Waals surface area contributed by atoms with Gasteiger partial charge >= 0.3 is 0 Å². The molecule has 2 rings (SSSR count). The van der Waals surface area contributed by atoms with Gasteiger partial charge in [-0.25, -0.2) is 0 Å². The first-order valence-corrected chi connectivity index (χ1v) is 7.94. The van der Waals surface area contributed by atoms with Gasteiger partial charge in [0.25, 0.3) is 10.2 Å². The number of ether oxygens (including phenoxy) is 1. The zero-order chi connectivity index (χ0) is 15.6. The van der Waals surface area contributed by atoms with Crippen molar-refractivity contribution in [3.8, 4) is 5.75 Å². The summed E-state index contributed by atoms with van der Waals surface area (Å²) in [6, 6.07) is 7.14. The average molecular weight is 316 g/mol. The van der Waals surface area contributed by atoms with E-state index < -0.39 is 22.4 Å². The third kappa shape index (κ3) is 3.53. The molecule has 1 aromatic carbocycles. The van der Waals surface area contributed by atoms with E-state index in [-0.39, 0.29) is 19.6 Å². The van der Waals surface area contributed by atoms with Crippen molar-refractivity contribution < 1.29 is 23.4 Å². The quantitative estimate of drug-likeness (QED) is 0.758. The number of aliphatic hydroxyl groups excluding tert-OH is 2. The van der Waals surface area contributed by atoms with Crippen LogP contribution in [0, 0.1) is 0 Å². The molecule has 0 spiro atoms. The van der Waals surface area contributed by atoms with Gasteiger partial charge in [-0.05, 0) is 17.7 Å². The Hall–Kier alpha value is -1.19. The number of methoxy groups -OCH3 is 1. The standard InChI is InChI=1S/C13H20N2O5S/c1-14(7-10-4-3-5-11(6-10)20-2)21(18,19)15-8-12(16)13(17)9-15/h3-6,12-13,16-17H,7-9H2,1-2H3/t12-,13+. The Balaban J connectivity index is 2.10. The molecule has 8 heteroatoms. The van der Waals surface area contributed by atoms with Crippen LogP contribution in [0.25, 0.3) is 0 Å². The molecular formula is C13H20N2O5S. The van der Waals surface area contributed by atoms with E-state index in [2.05, 4.69) is 0 Å². The van der Waals surface area contributed by atoms with Gasteiger partial charge in [-0.3, -0.25) is 0 Å². The molecule has 2 N–H and O–H groups in total. The van der Waals surface area contributed by atoms with Crippen molar-refractivity contribution in [2.24, 2.45) is 0 Å². The summed E-state index contributed by atoms with van der Waals surface area (Å²) in [5, 5.41) is 19.0. The molecule has 1 aliphatic heterocycles. The van der Waals surface area contributed by atoms with Gasteiger partial charge in [-0.2, -0.15) is 17.0 Å². The first kappa shape index (κ1) is 16.2. The number of hydrogen-bond acceptors (Lipinski definition) is 5. The molecular weight excluding hydrogens is 296 g/mol. The van der Waals surface area contributed by atoms with Gasteiger partial charge in [0.1, 0.15) is 5.75 Å². The summed E-state index contributed by atoms with van der Waals surface area (Å²) in [4.78, 5) is 0. The Morgan fingerprint density at radius 2 is 1.95 bits per heavy atom. The van der Waals surface area contributed by atoms with Crippen LogP contribution in [0.15, 0.2) is 24.3 Å². The van der Waals surface area contributed by atoms with Crippen LogP contribution in [0.5, 0.6) is 5.75 Å². The fourth-order valence-electron chi connectivity index (χ4n) is 2.23. The summed E-state index contributed by atoms with van der Waals surface area (Å²) in [5.41, 5.74) is 0.792. The van der Waals surface area contributed by atoms with Crippen LogP contribution in [-0.4, -0.2) is 66.7 Å². The fraction of sp³-hybridized carbons (Fsp3) is 0.538. The van der Waals surface area contributed by atoms with Crippen molar-refractivity contribution in [2.75, 3.05) is 27.2 Å². The minimum absolute atomic E-state index is 0.0913. The largest absolute Gasteiger partial charge is 0.497 e. The minimum Gasteiger partial charge on any atom is -0.497 e. The maximum atomic E-state index is 12.4. The Bertz CT molecular complexity index is 582. The number of β-amino-alcohol motifs (C(OH)–C–C–N with tert-alkyl or cyclic N) is 2. The van der Waals surface area contributed by atoms with Crippen LogP contribution in [0.4, 0.5) is 0 Å². The molecule has 21 heavy (non-hydrogen) atoms. The van der Waals surface area contributed by atoms with E-state index in [9.17, 15) is 18.6 Å². The van der Waals surface area contributed by atoms with E-state index >= 15 is 0 Å². The number of aliphatic hydroxyl groups is 2. The Kier molecular flexibility index (Phi) is 4.84. The van der Waals surface area contributed by atoms with Crippen LogP contribution in [0.2, 0.25) is 0 Å². The van der Waals surface area contributed by atoms with Crippen molar-refractivity contribution in [2.45, 2.75) is 18.8 Å². The summed E-state index contributed by atoms with van der Waals surface area (Å²) in [6.45, 7) is 0.000124. The van der Waals surface area contributed by atoms with Gasteiger partial charge < -0.3 is 14.9 Å². The van der Waals surface area contributed by atoms with Gasteiger partial charge in [0, 0.05) is 26.7 Å². The van der Waals surface area contributed by atoms with Gasteiger partial charge in [-0.15, -0.1) is 0 Å².